The first kappa shape index (κ1) is 15.1. The number of ether oxygens (including phenoxy) is 1. The molecule has 2 aromatic rings. The van der Waals surface area contributed by atoms with Gasteiger partial charge in [-0.2, -0.15) is 0 Å². The first-order valence-electron chi connectivity index (χ1n) is 7.17. The van der Waals surface area contributed by atoms with E-state index >= 15 is 0 Å². The molecule has 2 rings (SSSR count). The minimum Gasteiger partial charge on any atom is -0.497 e. The van der Waals surface area contributed by atoms with Crippen molar-refractivity contribution in [3.63, 3.8) is 0 Å². The number of nitrogens with zero attached hydrogens (tertiary/aromatic N) is 1. The highest BCUT2D eigenvalue weighted by molar-refractivity contribution is 5.55. The maximum Gasteiger partial charge on any atom is 0.124 e. The zero-order chi connectivity index (χ0) is 15.1. The van der Waals surface area contributed by atoms with E-state index in [0.717, 1.165) is 36.4 Å². The Bertz CT molecular complexity index is 578. The number of carbonyl (C=O) groups is 1. The lowest BCUT2D eigenvalue weighted by atomic mass is 10.1. The van der Waals surface area contributed by atoms with Crippen LogP contribution in [0, 0.1) is 0 Å². The number of methoxy groups -OCH3 is 1. The van der Waals surface area contributed by atoms with Crippen molar-refractivity contribution in [3.8, 4) is 5.75 Å². The fraction of sp³-hybridized carbons (Fsp3) is 0.278. The first-order chi connectivity index (χ1) is 10.3. The Labute approximate surface area is 126 Å². The Balaban J connectivity index is 2.12. The molecule has 0 fully saturated rings. The van der Waals surface area contributed by atoms with E-state index < -0.39 is 0 Å². The average Bonchev–Trinajstić information content (AvgIpc) is 2.54. The van der Waals surface area contributed by atoms with E-state index in [1.54, 1.807) is 7.11 Å². The van der Waals surface area contributed by atoms with Crippen molar-refractivity contribution in [3.05, 3.63) is 59.7 Å². The molecule has 0 saturated heterocycles. The van der Waals surface area contributed by atoms with E-state index in [1.807, 2.05) is 30.3 Å². The normalized spacial score (nSPS) is 10.2. The van der Waals surface area contributed by atoms with Crippen molar-refractivity contribution < 1.29 is 9.53 Å². The van der Waals surface area contributed by atoms with Gasteiger partial charge in [0.25, 0.3) is 0 Å². The summed E-state index contributed by atoms with van der Waals surface area (Å²) in [5.74, 6) is 0.868. The maximum absolute atomic E-state index is 10.5. The SMILES string of the molecule is CCN(Cc1ccc(CC=O)cc1)c1cccc(OC)c1. The second-order valence-electron chi connectivity index (χ2n) is 4.90. The van der Waals surface area contributed by atoms with E-state index in [4.69, 9.17) is 4.74 Å². The Morgan fingerprint density at radius 3 is 2.43 bits per heavy atom. The van der Waals surface area contributed by atoms with Crippen molar-refractivity contribution >= 4 is 12.0 Å². The summed E-state index contributed by atoms with van der Waals surface area (Å²) in [6, 6.07) is 16.3. The molecule has 0 aliphatic heterocycles. The Morgan fingerprint density at radius 2 is 1.81 bits per heavy atom. The molecule has 0 aliphatic carbocycles. The number of anilines is 1. The number of rotatable bonds is 7. The Kier molecular flexibility index (Phi) is 5.38. The van der Waals surface area contributed by atoms with Gasteiger partial charge in [0.15, 0.2) is 0 Å². The molecule has 3 heteroatoms. The van der Waals surface area contributed by atoms with Crippen LogP contribution in [0.4, 0.5) is 5.69 Å². The van der Waals surface area contributed by atoms with Crippen LogP contribution in [0.5, 0.6) is 5.75 Å². The van der Waals surface area contributed by atoms with Gasteiger partial charge in [-0.25, -0.2) is 0 Å². The van der Waals surface area contributed by atoms with Gasteiger partial charge in [-0.1, -0.05) is 30.3 Å². The van der Waals surface area contributed by atoms with Crippen LogP contribution >= 0.6 is 0 Å². The molecule has 0 spiro atoms. The van der Waals surface area contributed by atoms with Gasteiger partial charge in [0.05, 0.1) is 7.11 Å². The van der Waals surface area contributed by atoms with Crippen LogP contribution in [0.1, 0.15) is 18.1 Å². The summed E-state index contributed by atoms with van der Waals surface area (Å²) in [6.07, 6.45) is 1.41. The molecule has 0 amide bonds. The van der Waals surface area contributed by atoms with Crippen LogP contribution in [0.3, 0.4) is 0 Å². The van der Waals surface area contributed by atoms with Crippen molar-refractivity contribution in [1.82, 2.24) is 0 Å². The van der Waals surface area contributed by atoms with Crippen molar-refractivity contribution in [2.24, 2.45) is 0 Å². The van der Waals surface area contributed by atoms with E-state index in [9.17, 15) is 4.79 Å². The number of carbonyl (C=O) groups excluding carboxylic acids is 1. The highest BCUT2D eigenvalue weighted by Gasteiger charge is 2.06. The van der Waals surface area contributed by atoms with Crippen LogP contribution < -0.4 is 9.64 Å². The minimum absolute atomic E-state index is 0.480. The first-order valence-corrected chi connectivity index (χ1v) is 7.17. The minimum atomic E-state index is 0.480. The molecule has 0 heterocycles. The van der Waals surface area contributed by atoms with E-state index in [0.29, 0.717) is 6.42 Å². The second kappa shape index (κ2) is 7.48. The quantitative estimate of drug-likeness (QED) is 0.729. The van der Waals surface area contributed by atoms with Gasteiger partial charge in [-0.15, -0.1) is 0 Å². The summed E-state index contributed by atoms with van der Waals surface area (Å²) >= 11 is 0. The standard InChI is InChI=1S/C18H21NO2/c1-3-19(17-5-4-6-18(13-17)21-2)14-16-9-7-15(8-10-16)11-12-20/h4-10,12-13H,3,11,14H2,1-2H3. The highest BCUT2D eigenvalue weighted by Crippen LogP contribution is 2.22. The van der Waals surface area contributed by atoms with Crippen LogP contribution in [0.15, 0.2) is 48.5 Å². The van der Waals surface area contributed by atoms with Crippen LogP contribution in [-0.2, 0) is 17.8 Å². The zero-order valence-corrected chi connectivity index (χ0v) is 12.6. The lowest BCUT2D eigenvalue weighted by Gasteiger charge is -2.23. The van der Waals surface area contributed by atoms with Gasteiger partial charge < -0.3 is 14.4 Å². The van der Waals surface area contributed by atoms with Gasteiger partial charge >= 0.3 is 0 Å². The molecular weight excluding hydrogens is 262 g/mol. The number of hydrogen-bond acceptors (Lipinski definition) is 3. The molecule has 0 aliphatic rings. The lowest BCUT2D eigenvalue weighted by molar-refractivity contribution is -0.107. The molecule has 21 heavy (non-hydrogen) atoms. The molecule has 0 unspecified atom stereocenters. The van der Waals surface area contributed by atoms with E-state index in [2.05, 4.69) is 30.0 Å². The Hall–Kier alpha value is -2.29. The van der Waals surface area contributed by atoms with Crippen molar-refractivity contribution in [1.29, 1.82) is 0 Å². The van der Waals surface area contributed by atoms with Crippen molar-refractivity contribution in [2.75, 3.05) is 18.6 Å². The topological polar surface area (TPSA) is 29.5 Å². The molecule has 0 bridgehead atoms. The molecule has 110 valence electrons. The predicted octanol–water partition coefficient (Wildman–Crippen LogP) is 3.46. The highest BCUT2D eigenvalue weighted by atomic mass is 16.5. The third-order valence-corrected chi connectivity index (χ3v) is 3.52. The molecule has 0 atom stereocenters. The summed E-state index contributed by atoms with van der Waals surface area (Å²) in [7, 11) is 1.68. The fourth-order valence-electron chi connectivity index (χ4n) is 2.29. The number of benzene rings is 2. The van der Waals surface area contributed by atoms with Crippen LogP contribution in [0.25, 0.3) is 0 Å². The second-order valence-corrected chi connectivity index (χ2v) is 4.90. The summed E-state index contributed by atoms with van der Waals surface area (Å²) < 4.78 is 5.28. The van der Waals surface area contributed by atoms with Gasteiger partial charge in [0.1, 0.15) is 12.0 Å². The lowest BCUT2D eigenvalue weighted by Crippen LogP contribution is -2.21. The molecule has 0 N–H and O–H groups in total. The maximum atomic E-state index is 10.5. The zero-order valence-electron chi connectivity index (χ0n) is 12.6. The smallest absolute Gasteiger partial charge is 0.124 e. The molecule has 0 aromatic heterocycles. The number of aldehydes is 1. The monoisotopic (exact) mass is 283 g/mol. The van der Waals surface area contributed by atoms with Crippen LogP contribution in [0.2, 0.25) is 0 Å². The molecule has 2 aromatic carbocycles. The molecular formula is C18H21NO2. The summed E-state index contributed by atoms with van der Waals surface area (Å²) in [5, 5.41) is 0. The van der Waals surface area contributed by atoms with Crippen LogP contribution in [-0.4, -0.2) is 19.9 Å². The van der Waals surface area contributed by atoms with E-state index in [1.165, 1.54) is 5.56 Å². The van der Waals surface area contributed by atoms with E-state index in [-0.39, 0.29) is 0 Å². The third-order valence-electron chi connectivity index (χ3n) is 3.52. The molecule has 0 saturated carbocycles. The molecule has 0 radical (unpaired) electrons. The largest absolute Gasteiger partial charge is 0.497 e. The van der Waals surface area contributed by atoms with Gasteiger partial charge in [0, 0.05) is 31.3 Å². The molecule has 3 nitrogen and oxygen atoms in total. The summed E-state index contributed by atoms with van der Waals surface area (Å²) in [6.45, 7) is 3.90. The Morgan fingerprint density at radius 1 is 1.10 bits per heavy atom. The number of hydrogen-bond donors (Lipinski definition) is 0. The summed E-state index contributed by atoms with van der Waals surface area (Å²) in [5.41, 5.74) is 3.43. The predicted molar refractivity (Wildman–Crippen MR) is 85.9 cm³/mol. The van der Waals surface area contributed by atoms with Gasteiger partial charge in [-0.3, -0.25) is 0 Å². The fourth-order valence-corrected chi connectivity index (χ4v) is 2.29. The van der Waals surface area contributed by atoms with Gasteiger partial charge in [-0.05, 0) is 30.2 Å². The third kappa shape index (κ3) is 4.09. The summed E-state index contributed by atoms with van der Waals surface area (Å²) in [4.78, 5) is 12.8. The van der Waals surface area contributed by atoms with Crippen molar-refractivity contribution in [2.45, 2.75) is 19.9 Å². The van der Waals surface area contributed by atoms with Gasteiger partial charge in [0.2, 0.25) is 0 Å². The average molecular weight is 283 g/mol.